The highest BCUT2D eigenvalue weighted by Crippen LogP contribution is 2.14. The third kappa shape index (κ3) is 3.92. The number of aliphatic hydroxyl groups excluding tert-OH is 1. The molecule has 0 fully saturated rings. The summed E-state index contributed by atoms with van der Waals surface area (Å²) in [6.07, 6.45) is 2.48. The normalized spacial score (nSPS) is 12.8. The highest BCUT2D eigenvalue weighted by atomic mass is 79.9. The highest BCUT2D eigenvalue weighted by molar-refractivity contribution is 9.10. The molecule has 2 heteroatoms. The summed E-state index contributed by atoms with van der Waals surface area (Å²) in [5.41, 5.74) is 1.19. The summed E-state index contributed by atoms with van der Waals surface area (Å²) in [4.78, 5) is 0. The zero-order chi connectivity index (χ0) is 9.68. The number of hydrogen-bond donors (Lipinski definition) is 1. The second kappa shape index (κ2) is 5.40. The van der Waals surface area contributed by atoms with E-state index in [0.29, 0.717) is 0 Å². The van der Waals surface area contributed by atoms with Gasteiger partial charge in [0.15, 0.2) is 0 Å². The lowest BCUT2D eigenvalue weighted by Gasteiger charge is -2.08. The van der Waals surface area contributed by atoms with Crippen molar-refractivity contribution in [3.8, 4) is 0 Å². The fourth-order valence-electron chi connectivity index (χ4n) is 1.37. The molecule has 1 aromatic rings. The van der Waals surface area contributed by atoms with Crippen molar-refractivity contribution in [1.29, 1.82) is 0 Å². The minimum Gasteiger partial charge on any atom is -0.393 e. The molecule has 1 atom stereocenters. The maximum Gasteiger partial charge on any atom is 0.0580 e. The average molecular weight is 243 g/mol. The van der Waals surface area contributed by atoms with Gasteiger partial charge in [-0.3, -0.25) is 0 Å². The van der Waals surface area contributed by atoms with E-state index in [1.807, 2.05) is 18.2 Å². The molecule has 0 spiro atoms. The Hall–Kier alpha value is -0.340. The Labute approximate surface area is 87.9 Å². The van der Waals surface area contributed by atoms with Gasteiger partial charge in [0.2, 0.25) is 0 Å². The van der Waals surface area contributed by atoms with Crippen molar-refractivity contribution in [2.45, 2.75) is 32.3 Å². The standard InChI is InChI=1S/C11H15BrO/c1-2-4-11(13)8-9-5-3-6-10(12)7-9/h3,5-7,11,13H,2,4,8H2,1H3. The number of hydrogen-bond acceptors (Lipinski definition) is 1. The summed E-state index contributed by atoms with van der Waals surface area (Å²) < 4.78 is 1.08. The zero-order valence-electron chi connectivity index (χ0n) is 7.83. The van der Waals surface area contributed by atoms with Crippen molar-refractivity contribution >= 4 is 15.9 Å². The quantitative estimate of drug-likeness (QED) is 0.861. The summed E-state index contributed by atoms with van der Waals surface area (Å²) in [5, 5.41) is 9.58. The highest BCUT2D eigenvalue weighted by Gasteiger charge is 2.03. The van der Waals surface area contributed by atoms with Gasteiger partial charge in [-0.1, -0.05) is 41.4 Å². The Morgan fingerprint density at radius 1 is 1.46 bits per heavy atom. The molecular weight excluding hydrogens is 228 g/mol. The number of halogens is 1. The van der Waals surface area contributed by atoms with E-state index in [-0.39, 0.29) is 6.10 Å². The average Bonchev–Trinajstić information content (AvgIpc) is 2.04. The Morgan fingerprint density at radius 2 is 2.23 bits per heavy atom. The maximum atomic E-state index is 9.58. The Bertz CT molecular complexity index is 260. The first-order valence-corrected chi connectivity index (χ1v) is 5.44. The van der Waals surface area contributed by atoms with Gasteiger partial charge in [-0.25, -0.2) is 0 Å². The van der Waals surface area contributed by atoms with Crippen LogP contribution in [0.1, 0.15) is 25.3 Å². The van der Waals surface area contributed by atoms with Crippen LogP contribution in [0.15, 0.2) is 28.7 Å². The van der Waals surface area contributed by atoms with E-state index in [1.165, 1.54) is 5.56 Å². The predicted octanol–water partition coefficient (Wildman–Crippen LogP) is 3.15. The zero-order valence-corrected chi connectivity index (χ0v) is 9.42. The summed E-state index contributed by atoms with van der Waals surface area (Å²) >= 11 is 3.41. The van der Waals surface area contributed by atoms with Crippen LogP contribution in [0.2, 0.25) is 0 Å². The lowest BCUT2D eigenvalue weighted by atomic mass is 10.1. The van der Waals surface area contributed by atoms with E-state index >= 15 is 0 Å². The van der Waals surface area contributed by atoms with Gasteiger partial charge >= 0.3 is 0 Å². The summed E-state index contributed by atoms with van der Waals surface area (Å²) in [6, 6.07) is 8.09. The van der Waals surface area contributed by atoms with Crippen molar-refractivity contribution in [3.63, 3.8) is 0 Å². The lowest BCUT2D eigenvalue weighted by molar-refractivity contribution is 0.164. The van der Waals surface area contributed by atoms with Crippen LogP contribution in [-0.2, 0) is 6.42 Å². The molecule has 72 valence electrons. The molecule has 1 rings (SSSR count). The van der Waals surface area contributed by atoms with Crippen molar-refractivity contribution in [2.24, 2.45) is 0 Å². The molecule has 0 saturated carbocycles. The third-order valence-corrected chi connectivity index (χ3v) is 2.48. The molecule has 1 aromatic carbocycles. The first-order valence-electron chi connectivity index (χ1n) is 4.65. The van der Waals surface area contributed by atoms with Crippen LogP contribution >= 0.6 is 15.9 Å². The van der Waals surface area contributed by atoms with Crippen molar-refractivity contribution in [1.82, 2.24) is 0 Å². The molecular formula is C11H15BrO. The van der Waals surface area contributed by atoms with Gasteiger partial charge in [0.05, 0.1) is 6.10 Å². The Balaban J connectivity index is 2.53. The van der Waals surface area contributed by atoms with Crippen LogP contribution in [0.25, 0.3) is 0 Å². The number of benzene rings is 1. The monoisotopic (exact) mass is 242 g/mol. The van der Waals surface area contributed by atoms with Crippen LogP contribution in [0.4, 0.5) is 0 Å². The van der Waals surface area contributed by atoms with Crippen LogP contribution < -0.4 is 0 Å². The molecule has 1 nitrogen and oxygen atoms in total. The van der Waals surface area contributed by atoms with Crippen molar-refractivity contribution in [2.75, 3.05) is 0 Å². The largest absolute Gasteiger partial charge is 0.393 e. The van der Waals surface area contributed by atoms with Crippen LogP contribution in [0.5, 0.6) is 0 Å². The summed E-state index contributed by atoms with van der Waals surface area (Å²) in [6.45, 7) is 2.09. The van der Waals surface area contributed by atoms with E-state index < -0.39 is 0 Å². The van der Waals surface area contributed by atoms with E-state index in [0.717, 1.165) is 23.7 Å². The fraction of sp³-hybridized carbons (Fsp3) is 0.455. The first kappa shape index (κ1) is 10.7. The minimum absolute atomic E-state index is 0.195. The number of rotatable bonds is 4. The van der Waals surface area contributed by atoms with Crippen molar-refractivity contribution in [3.05, 3.63) is 34.3 Å². The third-order valence-electron chi connectivity index (χ3n) is 1.98. The molecule has 0 aliphatic heterocycles. The fourth-order valence-corrected chi connectivity index (χ4v) is 1.82. The van der Waals surface area contributed by atoms with Gasteiger partial charge in [-0.05, 0) is 30.5 Å². The predicted molar refractivity (Wildman–Crippen MR) is 58.8 cm³/mol. The van der Waals surface area contributed by atoms with Crippen LogP contribution in [0, 0.1) is 0 Å². The van der Waals surface area contributed by atoms with Gasteiger partial charge < -0.3 is 5.11 Å². The molecule has 0 aromatic heterocycles. The van der Waals surface area contributed by atoms with E-state index in [1.54, 1.807) is 0 Å². The first-order chi connectivity index (χ1) is 6.22. The molecule has 0 heterocycles. The molecule has 0 amide bonds. The van der Waals surface area contributed by atoms with Crippen LogP contribution in [0.3, 0.4) is 0 Å². The molecule has 0 radical (unpaired) electrons. The van der Waals surface area contributed by atoms with Crippen LogP contribution in [-0.4, -0.2) is 11.2 Å². The minimum atomic E-state index is -0.195. The molecule has 0 aliphatic carbocycles. The van der Waals surface area contributed by atoms with Gasteiger partial charge in [0, 0.05) is 4.47 Å². The summed E-state index contributed by atoms with van der Waals surface area (Å²) in [5.74, 6) is 0. The topological polar surface area (TPSA) is 20.2 Å². The second-order valence-corrected chi connectivity index (χ2v) is 4.19. The lowest BCUT2D eigenvalue weighted by Crippen LogP contribution is -2.09. The molecule has 13 heavy (non-hydrogen) atoms. The van der Waals surface area contributed by atoms with E-state index in [2.05, 4.69) is 28.9 Å². The van der Waals surface area contributed by atoms with Gasteiger partial charge in [0.1, 0.15) is 0 Å². The molecule has 0 aliphatic rings. The maximum absolute atomic E-state index is 9.58. The van der Waals surface area contributed by atoms with E-state index in [4.69, 9.17) is 0 Å². The Kier molecular flexibility index (Phi) is 4.46. The Morgan fingerprint density at radius 3 is 2.85 bits per heavy atom. The van der Waals surface area contributed by atoms with Gasteiger partial charge in [-0.2, -0.15) is 0 Å². The molecule has 1 unspecified atom stereocenters. The molecule has 0 bridgehead atoms. The molecule has 1 N–H and O–H groups in total. The smallest absolute Gasteiger partial charge is 0.0580 e. The SMILES string of the molecule is CCCC(O)Cc1cccc(Br)c1. The van der Waals surface area contributed by atoms with Gasteiger partial charge in [-0.15, -0.1) is 0 Å². The van der Waals surface area contributed by atoms with E-state index in [9.17, 15) is 5.11 Å². The van der Waals surface area contributed by atoms with Gasteiger partial charge in [0.25, 0.3) is 0 Å². The number of aliphatic hydroxyl groups is 1. The van der Waals surface area contributed by atoms with Crippen molar-refractivity contribution < 1.29 is 5.11 Å². The summed E-state index contributed by atoms with van der Waals surface area (Å²) in [7, 11) is 0. The second-order valence-electron chi connectivity index (χ2n) is 3.28. The molecule has 0 saturated heterocycles.